The fraction of sp³-hybridized carbons (Fsp3) is 0.333. The molecule has 0 bridgehead atoms. The van der Waals surface area contributed by atoms with E-state index in [1.165, 1.54) is 0 Å². The molecule has 3 aromatic rings. The second-order valence-electron chi connectivity index (χ2n) is 7.94. The number of aromatic nitrogens is 1. The number of unbranched alkanes of at least 4 members (excludes halogenated alkanes) is 2. The maximum atomic E-state index is 12.2. The Bertz CT molecular complexity index is 1190. The number of hydrogen-bond donors (Lipinski definition) is 2. The third kappa shape index (κ3) is 6.21. The van der Waals surface area contributed by atoms with Crippen LogP contribution in [0.2, 0.25) is 5.02 Å². The van der Waals surface area contributed by atoms with E-state index in [0.29, 0.717) is 23.6 Å². The van der Waals surface area contributed by atoms with E-state index in [4.69, 9.17) is 11.6 Å². The largest absolute Gasteiger partial charge is 0.493 e. The minimum atomic E-state index is -0.352. The maximum absolute atomic E-state index is 12.2. The Morgan fingerprint density at radius 2 is 1.91 bits per heavy atom. The smallest absolute Gasteiger partial charge is 0.264 e. The van der Waals surface area contributed by atoms with Crippen molar-refractivity contribution in [3.05, 3.63) is 57.5 Å². The molecule has 0 radical (unpaired) electrons. The number of fused-ring (bicyclic) bond motifs is 1. The van der Waals surface area contributed by atoms with Crippen molar-refractivity contribution >= 4 is 55.9 Å². The van der Waals surface area contributed by atoms with Crippen LogP contribution in [0.15, 0.2) is 57.2 Å². The van der Waals surface area contributed by atoms with Crippen LogP contribution in [-0.4, -0.2) is 28.0 Å². The first-order valence-corrected chi connectivity index (χ1v) is 12.0. The Kier molecular flexibility index (Phi) is 8.63. The van der Waals surface area contributed by atoms with Gasteiger partial charge in [-0.25, -0.2) is 0 Å². The molecule has 0 unspecified atom stereocenters. The molecule has 2 aromatic carbocycles. The number of azo groups is 1. The van der Waals surface area contributed by atoms with Crippen LogP contribution in [0.25, 0.3) is 10.9 Å². The van der Waals surface area contributed by atoms with Crippen molar-refractivity contribution in [3.8, 4) is 5.88 Å². The lowest BCUT2D eigenvalue weighted by molar-refractivity contribution is -0.118. The molecule has 174 valence electrons. The van der Waals surface area contributed by atoms with E-state index >= 15 is 0 Å². The number of amides is 2. The molecule has 0 saturated carbocycles. The van der Waals surface area contributed by atoms with E-state index in [2.05, 4.69) is 31.5 Å². The average Bonchev–Trinajstić information content (AvgIpc) is 3.05. The Morgan fingerprint density at radius 3 is 2.64 bits per heavy atom. The lowest BCUT2D eigenvalue weighted by Crippen LogP contribution is -2.24. The molecule has 0 aliphatic rings. The average molecular weight is 534 g/mol. The van der Waals surface area contributed by atoms with Gasteiger partial charge in [0.15, 0.2) is 5.69 Å². The van der Waals surface area contributed by atoms with Crippen molar-refractivity contribution in [2.45, 2.75) is 45.6 Å². The summed E-state index contributed by atoms with van der Waals surface area (Å²) in [6.45, 7) is 4.42. The highest BCUT2D eigenvalue weighted by molar-refractivity contribution is 9.10. The van der Waals surface area contributed by atoms with E-state index in [1.807, 2.05) is 32.0 Å². The number of rotatable bonds is 9. The van der Waals surface area contributed by atoms with E-state index < -0.39 is 0 Å². The lowest BCUT2D eigenvalue weighted by atomic mass is 10.1. The van der Waals surface area contributed by atoms with Gasteiger partial charge < -0.3 is 15.0 Å². The normalized spacial score (nSPS) is 11.5. The molecule has 3 rings (SSSR count). The second kappa shape index (κ2) is 11.4. The molecule has 0 fully saturated rings. The zero-order valence-corrected chi connectivity index (χ0v) is 20.9. The fourth-order valence-corrected chi connectivity index (χ4v) is 4.14. The molecular formula is C24H26BrClN4O3. The molecule has 33 heavy (non-hydrogen) atoms. The van der Waals surface area contributed by atoms with Crippen LogP contribution in [0.3, 0.4) is 0 Å². The number of halogens is 2. The SMILES string of the molecule is CC(C)n1c(O)c(N=NC(=O)CCCCCNC(=O)c2ccccc2Cl)c2cc(Br)ccc21. The van der Waals surface area contributed by atoms with Crippen LogP contribution in [-0.2, 0) is 4.79 Å². The molecule has 1 heterocycles. The molecule has 0 spiro atoms. The summed E-state index contributed by atoms with van der Waals surface area (Å²) in [5.74, 6) is -0.573. The molecule has 0 saturated heterocycles. The Morgan fingerprint density at radius 1 is 1.15 bits per heavy atom. The number of hydrogen-bond acceptors (Lipinski definition) is 4. The summed E-state index contributed by atoms with van der Waals surface area (Å²) in [5.41, 5.74) is 1.56. The number of carbonyl (C=O) groups excluding carboxylic acids is 2. The molecule has 2 amide bonds. The monoisotopic (exact) mass is 532 g/mol. The van der Waals surface area contributed by atoms with E-state index in [9.17, 15) is 14.7 Å². The summed E-state index contributed by atoms with van der Waals surface area (Å²) >= 11 is 9.45. The highest BCUT2D eigenvalue weighted by Crippen LogP contribution is 2.41. The van der Waals surface area contributed by atoms with E-state index in [-0.39, 0.29) is 35.8 Å². The van der Waals surface area contributed by atoms with Crippen molar-refractivity contribution in [2.75, 3.05) is 6.54 Å². The molecule has 9 heteroatoms. The summed E-state index contributed by atoms with van der Waals surface area (Å²) in [5, 5.41) is 22.5. The standard InChI is InChI=1S/C24H26BrClN4O3/c1-15(2)30-20-12-11-16(25)14-18(20)22(24(30)33)29-28-21(31)10-4-3-7-13-27-23(32)17-8-5-6-9-19(17)26/h5-6,8-9,11-12,14-15,33H,3-4,7,10,13H2,1-2H3,(H,27,32). The zero-order chi connectivity index (χ0) is 24.0. The second-order valence-corrected chi connectivity index (χ2v) is 9.26. The molecule has 2 N–H and O–H groups in total. The van der Waals surface area contributed by atoms with Crippen LogP contribution in [0, 0.1) is 0 Å². The predicted octanol–water partition coefficient (Wildman–Crippen LogP) is 6.94. The first-order valence-electron chi connectivity index (χ1n) is 10.8. The van der Waals surface area contributed by atoms with Gasteiger partial charge in [0.2, 0.25) is 5.88 Å². The zero-order valence-electron chi connectivity index (χ0n) is 18.5. The minimum absolute atomic E-state index is 0.0103. The van der Waals surface area contributed by atoms with Gasteiger partial charge in [0, 0.05) is 28.9 Å². The third-order valence-electron chi connectivity index (χ3n) is 5.16. The van der Waals surface area contributed by atoms with Crippen LogP contribution in [0.5, 0.6) is 5.88 Å². The Hall–Kier alpha value is -2.71. The predicted molar refractivity (Wildman–Crippen MR) is 133 cm³/mol. The molecular weight excluding hydrogens is 508 g/mol. The van der Waals surface area contributed by atoms with Gasteiger partial charge >= 0.3 is 0 Å². The third-order valence-corrected chi connectivity index (χ3v) is 5.99. The summed E-state index contributed by atoms with van der Waals surface area (Å²) < 4.78 is 2.61. The topological polar surface area (TPSA) is 96.0 Å². The van der Waals surface area contributed by atoms with Crippen LogP contribution < -0.4 is 5.32 Å². The minimum Gasteiger partial charge on any atom is -0.493 e. The quantitative estimate of drug-likeness (QED) is 0.230. The molecule has 1 aromatic heterocycles. The van der Waals surface area contributed by atoms with Crippen LogP contribution in [0.1, 0.15) is 55.9 Å². The first kappa shape index (κ1) is 24.9. The number of nitrogens with zero attached hydrogens (tertiary/aromatic N) is 3. The lowest BCUT2D eigenvalue weighted by Gasteiger charge is -2.10. The number of aromatic hydroxyl groups is 1. The van der Waals surface area contributed by atoms with E-state index in [0.717, 1.165) is 28.2 Å². The van der Waals surface area contributed by atoms with Gasteiger partial charge in [-0.3, -0.25) is 9.59 Å². The first-order chi connectivity index (χ1) is 15.8. The van der Waals surface area contributed by atoms with Crippen LogP contribution >= 0.6 is 27.5 Å². The van der Waals surface area contributed by atoms with Crippen LogP contribution in [0.4, 0.5) is 5.69 Å². The molecule has 0 aliphatic heterocycles. The summed E-state index contributed by atoms with van der Waals surface area (Å²) in [6, 6.07) is 12.5. The van der Waals surface area contributed by atoms with Crippen molar-refractivity contribution < 1.29 is 14.7 Å². The highest BCUT2D eigenvalue weighted by Gasteiger charge is 2.19. The van der Waals surface area contributed by atoms with Gasteiger partial charge in [-0.1, -0.05) is 46.1 Å². The molecule has 7 nitrogen and oxygen atoms in total. The van der Waals surface area contributed by atoms with Gasteiger partial charge in [0.25, 0.3) is 11.8 Å². The summed E-state index contributed by atoms with van der Waals surface area (Å²) in [4.78, 5) is 24.3. The van der Waals surface area contributed by atoms with Gasteiger partial charge in [0.1, 0.15) is 0 Å². The Balaban J connectivity index is 1.49. The molecule has 0 aliphatic carbocycles. The van der Waals surface area contributed by atoms with Crippen molar-refractivity contribution in [2.24, 2.45) is 10.2 Å². The number of nitrogens with one attached hydrogen (secondary N) is 1. The fourth-order valence-electron chi connectivity index (χ4n) is 3.55. The number of benzene rings is 2. The summed E-state index contributed by atoms with van der Waals surface area (Å²) in [7, 11) is 0. The number of carbonyl (C=O) groups is 2. The Labute approximate surface area is 206 Å². The van der Waals surface area contributed by atoms with Gasteiger partial charge in [-0.05, 0) is 57.0 Å². The van der Waals surface area contributed by atoms with E-state index in [1.54, 1.807) is 28.8 Å². The van der Waals surface area contributed by atoms with Gasteiger partial charge in [-0.15, -0.1) is 10.2 Å². The van der Waals surface area contributed by atoms with Crippen molar-refractivity contribution in [1.82, 2.24) is 9.88 Å². The maximum Gasteiger partial charge on any atom is 0.264 e. The van der Waals surface area contributed by atoms with Crippen molar-refractivity contribution in [3.63, 3.8) is 0 Å². The van der Waals surface area contributed by atoms with Gasteiger partial charge in [0.05, 0.1) is 16.1 Å². The van der Waals surface area contributed by atoms with Gasteiger partial charge in [-0.2, -0.15) is 0 Å². The van der Waals surface area contributed by atoms with Crippen molar-refractivity contribution in [1.29, 1.82) is 0 Å². The molecule has 0 atom stereocenters. The summed E-state index contributed by atoms with van der Waals surface area (Å²) in [6.07, 6.45) is 2.37. The highest BCUT2D eigenvalue weighted by atomic mass is 79.9.